The molecule has 0 fully saturated rings. The zero-order valence-electron chi connectivity index (χ0n) is 14.4. The zero-order chi connectivity index (χ0) is 18.5. The summed E-state index contributed by atoms with van der Waals surface area (Å²) in [5, 5.41) is 0. The number of carbonyl (C=O) groups is 1. The van der Waals surface area contributed by atoms with Crippen LogP contribution in [0, 0.1) is 12.7 Å². The van der Waals surface area contributed by atoms with Crippen molar-refractivity contribution >= 4 is 11.6 Å². The number of rotatable bonds is 5. The Morgan fingerprint density at radius 1 is 1.12 bits per heavy atom. The number of amides is 1. The molecule has 0 unspecified atom stereocenters. The van der Waals surface area contributed by atoms with Crippen LogP contribution in [0.3, 0.4) is 0 Å². The number of aryl methyl sites for hydroxylation is 1. The SMILES string of the molecule is COc1ncc(NNC(=O)c2ccc(-c3ccccc3)c(C)c2)cc1F. The fourth-order valence-corrected chi connectivity index (χ4v) is 2.59. The van der Waals surface area contributed by atoms with Gasteiger partial charge in [0.05, 0.1) is 19.0 Å². The number of aromatic nitrogens is 1. The van der Waals surface area contributed by atoms with Crippen molar-refractivity contribution < 1.29 is 13.9 Å². The Kier molecular flexibility index (Phi) is 5.12. The molecule has 1 amide bonds. The molecular weight excluding hydrogens is 333 g/mol. The number of pyridine rings is 1. The minimum Gasteiger partial charge on any atom is -0.479 e. The van der Waals surface area contributed by atoms with E-state index in [1.54, 1.807) is 6.07 Å². The molecule has 1 aromatic heterocycles. The Bertz CT molecular complexity index is 930. The molecule has 3 rings (SSSR count). The summed E-state index contributed by atoms with van der Waals surface area (Å²) in [4.78, 5) is 16.1. The number of hydrogen-bond donors (Lipinski definition) is 2. The fraction of sp³-hybridized carbons (Fsp3) is 0.100. The second kappa shape index (κ2) is 7.65. The molecule has 0 saturated heterocycles. The number of nitrogens with one attached hydrogen (secondary N) is 2. The summed E-state index contributed by atoms with van der Waals surface area (Å²) in [5.74, 6) is -1.05. The molecule has 0 aliphatic heterocycles. The Balaban J connectivity index is 1.70. The van der Waals surface area contributed by atoms with Gasteiger partial charge in [0.15, 0.2) is 5.82 Å². The van der Waals surface area contributed by atoms with E-state index in [2.05, 4.69) is 15.8 Å². The van der Waals surface area contributed by atoms with Gasteiger partial charge in [-0.1, -0.05) is 36.4 Å². The van der Waals surface area contributed by atoms with Crippen molar-refractivity contribution in [3.63, 3.8) is 0 Å². The molecule has 6 heteroatoms. The highest BCUT2D eigenvalue weighted by Crippen LogP contribution is 2.24. The molecule has 0 atom stereocenters. The number of benzene rings is 2. The molecule has 2 aromatic carbocycles. The quantitative estimate of drug-likeness (QED) is 0.683. The maximum absolute atomic E-state index is 13.6. The number of ether oxygens (including phenoxy) is 1. The van der Waals surface area contributed by atoms with Crippen LogP contribution >= 0.6 is 0 Å². The standard InChI is InChI=1S/C20H18FN3O2/c1-13-10-15(8-9-17(13)14-6-4-3-5-7-14)19(25)24-23-16-11-18(21)20(26-2)22-12-16/h3-12,23H,1-2H3,(H,24,25). The van der Waals surface area contributed by atoms with E-state index in [9.17, 15) is 9.18 Å². The van der Waals surface area contributed by atoms with Gasteiger partial charge in [0.25, 0.3) is 5.91 Å². The van der Waals surface area contributed by atoms with E-state index in [4.69, 9.17) is 4.74 Å². The lowest BCUT2D eigenvalue weighted by molar-refractivity contribution is 0.0962. The lowest BCUT2D eigenvalue weighted by Crippen LogP contribution is -2.29. The van der Waals surface area contributed by atoms with Crippen LogP contribution in [0.1, 0.15) is 15.9 Å². The third kappa shape index (κ3) is 3.80. The first-order valence-corrected chi connectivity index (χ1v) is 8.00. The topological polar surface area (TPSA) is 63.2 Å². The number of carbonyl (C=O) groups excluding carboxylic acids is 1. The maximum Gasteiger partial charge on any atom is 0.269 e. The molecule has 0 saturated carbocycles. The fourth-order valence-electron chi connectivity index (χ4n) is 2.59. The van der Waals surface area contributed by atoms with Gasteiger partial charge >= 0.3 is 0 Å². The van der Waals surface area contributed by atoms with E-state index in [1.807, 2.05) is 49.4 Å². The van der Waals surface area contributed by atoms with Gasteiger partial charge in [-0.2, -0.15) is 0 Å². The van der Waals surface area contributed by atoms with Gasteiger partial charge in [0, 0.05) is 11.6 Å². The zero-order valence-corrected chi connectivity index (χ0v) is 14.4. The highest BCUT2D eigenvalue weighted by molar-refractivity contribution is 5.95. The average molecular weight is 351 g/mol. The minimum atomic E-state index is -0.616. The van der Waals surface area contributed by atoms with Crippen LogP contribution in [-0.2, 0) is 0 Å². The molecule has 26 heavy (non-hydrogen) atoms. The molecule has 0 aliphatic carbocycles. The van der Waals surface area contributed by atoms with Gasteiger partial charge in [0.1, 0.15) is 0 Å². The molecule has 0 aliphatic rings. The van der Waals surface area contributed by atoms with Crippen LogP contribution in [0.15, 0.2) is 60.8 Å². The number of anilines is 1. The van der Waals surface area contributed by atoms with E-state index in [1.165, 1.54) is 19.4 Å². The van der Waals surface area contributed by atoms with Gasteiger partial charge in [-0.3, -0.25) is 15.6 Å². The minimum absolute atomic E-state index is 0.103. The lowest BCUT2D eigenvalue weighted by Gasteiger charge is -2.11. The highest BCUT2D eigenvalue weighted by atomic mass is 19.1. The average Bonchev–Trinajstić information content (AvgIpc) is 2.66. The Morgan fingerprint density at radius 2 is 1.88 bits per heavy atom. The van der Waals surface area contributed by atoms with E-state index < -0.39 is 5.82 Å². The summed E-state index contributed by atoms with van der Waals surface area (Å²) in [6.45, 7) is 1.95. The normalized spacial score (nSPS) is 10.3. The predicted molar refractivity (Wildman–Crippen MR) is 98.5 cm³/mol. The Hall–Kier alpha value is -3.41. The summed E-state index contributed by atoms with van der Waals surface area (Å²) < 4.78 is 18.4. The van der Waals surface area contributed by atoms with Crippen LogP contribution < -0.4 is 15.6 Å². The van der Waals surface area contributed by atoms with Crippen molar-refractivity contribution in [1.29, 1.82) is 0 Å². The first-order chi connectivity index (χ1) is 12.6. The largest absolute Gasteiger partial charge is 0.479 e. The molecule has 0 spiro atoms. The summed E-state index contributed by atoms with van der Waals surface area (Å²) in [6, 6.07) is 16.6. The lowest BCUT2D eigenvalue weighted by atomic mass is 9.98. The van der Waals surface area contributed by atoms with E-state index in [0.29, 0.717) is 11.3 Å². The smallest absolute Gasteiger partial charge is 0.269 e. The highest BCUT2D eigenvalue weighted by Gasteiger charge is 2.10. The molecule has 5 nitrogen and oxygen atoms in total. The molecule has 0 radical (unpaired) electrons. The molecule has 1 heterocycles. The van der Waals surface area contributed by atoms with Gasteiger partial charge in [-0.25, -0.2) is 9.37 Å². The van der Waals surface area contributed by atoms with Crippen molar-refractivity contribution in [3.8, 4) is 17.0 Å². The first kappa shape index (κ1) is 17.4. The summed E-state index contributed by atoms with van der Waals surface area (Å²) >= 11 is 0. The van der Waals surface area contributed by atoms with Crippen LogP contribution in [0.25, 0.3) is 11.1 Å². The Morgan fingerprint density at radius 3 is 2.54 bits per heavy atom. The van der Waals surface area contributed by atoms with Gasteiger partial charge in [-0.05, 0) is 35.7 Å². The summed E-state index contributed by atoms with van der Waals surface area (Å²) in [7, 11) is 1.34. The van der Waals surface area contributed by atoms with Crippen LogP contribution in [0.4, 0.5) is 10.1 Å². The monoisotopic (exact) mass is 351 g/mol. The second-order valence-corrected chi connectivity index (χ2v) is 5.69. The Labute approximate surface area is 150 Å². The van der Waals surface area contributed by atoms with Crippen molar-refractivity contribution in [2.75, 3.05) is 12.5 Å². The van der Waals surface area contributed by atoms with E-state index in [-0.39, 0.29) is 11.8 Å². The predicted octanol–water partition coefficient (Wildman–Crippen LogP) is 3.96. The molecule has 0 bridgehead atoms. The van der Waals surface area contributed by atoms with Gasteiger partial charge < -0.3 is 4.74 Å². The van der Waals surface area contributed by atoms with Gasteiger partial charge in [-0.15, -0.1) is 0 Å². The number of halogens is 1. The molecule has 132 valence electrons. The van der Waals surface area contributed by atoms with Crippen molar-refractivity contribution in [2.24, 2.45) is 0 Å². The van der Waals surface area contributed by atoms with Crippen LogP contribution in [0.2, 0.25) is 0 Å². The van der Waals surface area contributed by atoms with Crippen molar-refractivity contribution in [2.45, 2.75) is 6.92 Å². The molecular formula is C20H18FN3O2. The van der Waals surface area contributed by atoms with Crippen LogP contribution in [0.5, 0.6) is 5.88 Å². The summed E-state index contributed by atoms with van der Waals surface area (Å²) in [5.41, 5.74) is 9.13. The van der Waals surface area contributed by atoms with Gasteiger partial charge in [0.2, 0.25) is 5.88 Å². The van der Waals surface area contributed by atoms with E-state index in [0.717, 1.165) is 16.7 Å². The number of nitrogens with zero attached hydrogens (tertiary/aromatic N) is 1. The molecule has 3 aromatic rings. The number of hydrogen-bond acceptors (Lipinski definition) is 4. The molecule has 2 N–H and O–H groups in total. The van der Waals surface area contributed by atoms with Crippen LogP contribution in [-0.4, -0.2) is 18.0 Å². The van der Waals surface area contributed by atoms with Crippen molar-refractivity contribution in [1.82, 2.24) is 10.4 Å². The first-order valence-electron chi connectivity index (χ1n) is 8.00. The summed E-state index contributed by atoms with van der Waals surface area (Å²) in [6.07, 6.45) is 1.37. The second-order valence-electron chi connectivity index (χ2n) is 5.69. The third-order valence-electron chi connectivity index (χ3n) is 3.89. The number of methoxy groups -OCH3 is 1. The maximum atomic E-state index is 13.6. The van der Waals surface area contributed by atoms with Crippen molar-refractivity contribution in [3.05, 3.63) is 77.7 Å². The third-order valence-corrected chi connectivity index (χ3v) is 3.89. The van der Waals surface area contributed by atoms with E-state index >= 15 is 0 Å². The number of hydrazine groups is 1.